The van der Waals surface area contributed by atoms with Gasteiger partial charge >= 0.3 is 0 Å². The molecule has 2 amide bonds. The van der Waals surface area contributed by atoms with Crippen molar-refractivity contribution in [2.75, 3.05) is 44.9 Å². The second-order valence-corrected chi connectivity index (χ2v) is 11.0. The first-order chi connectivity index (χ1) is 18.4. The van der Waals surface area contributed by atoms with Gasteiger partial charge < -0.3 is 19.3 Å². The third kappa shape index (κ3) is 4.99. The molecule has 0 atom stereocenters. The van der Waals surface area contributed by atoms with E-state index in [0.717, 1.165) is 52.8 Å². The van der Waals surface area contributed by atoms with E-state index in [4.69, 9.17) is 21.1 Å². The Kier molecular flexibility index (Phi) is 6.78. The van der Waals surface area contributed by atoms with Gasteiger partial charge in [0.25, 0.3) is 11.8 Å². The summed E-state index contributed by atoms with van der Waals surface area (Å²) < 4.78 is 10.9. The van der Waals surface area contributed by atoms with Crippen LogP contribution in [0.4, 0.5) is 5.69 Å². The molecule has 3 aromatic rings. The smallest absolute Gasteiger partial charge is 0.264 e. The molecule has 9 heteroatoms. The zero-order chi connectivity index (χ0) is 26.2. The molecule has 1 fully saturated rings. The molecule has 3 aromatic carbocycles. The number of hydrogen-bond acceptors (Lipinski definition) is 6. The Hall–Kier alpha value is -3.46. The van der Waals surface area contributed by atoms with Crippen LogP contribution in [0.1, 0.15) is 21.5 Å². The quantitative estimate of drug-likeness (QED) is 0.422. The van der Waals surface area contributed by atoms with Crippen LogP contribution in [0.5, 0.6) is 11.5 Å². The molecule has 0 unspecified atom stereocenters. The number of amides is 2. The number of piperazine rings is 1. The molecule has 0 bridgehead atoms. The number of hydrogen-bond donors (Lipinski definition) is 0. The Labute approximate surface area is 230 Å². The minimum Gasteiger partial charge on any atom is -0.454 e. The van der Waals surface area contributed by atoms with E-state index in [9.17, 15) is 9.59 Å². The van der Waals surface area contributed by atoms with E-state index in [1.165, 1.54) is 11.8 Å². The van der Waals surface area contributed by atoms with Crippen molar-refractivity contribution in [2.24, 2.45) is 0 Å². The third-order valence-corrected chi connectivity index (χ3v) is 8.26. The van der Waals surface area contributed by atoms with Crippen LogP contribution < -0.4 is 14.4 Å². The molecule has 6 rings (SSSR count). The average molecular weight is 548 g/mol. The summed E-state index contributed by atoms with van der Waals surface area (Å²) in [5, 5.41) is 0.623. The Bertz CT molecular complexity index is 1450. The second-order valence-electron chi connectivity index (χ2n) is 9.47. The van der Waals surface area contributed by atoms with E-state index < -0.39 is 0 Å². The first-order valence-electron chi connectivity index (χ1n) is 12.4. The molecule has 0 N–H and O–H groups in total. The van der Waals surface area contributed by atoms with Gasteiger partial charge in [0, 0.05) is 55.3 Å². The molecule has 3 aliphatic heterocycles. The van der Waals surface area contributed by atoms with E-state index >= 15 is 0 Å². The zero-order valence-electron chi connectivity index (χ0n) is 20.9. The van der Waals surface area contributed by atoms with Gasteiger partial charge in [-0.3, -0.25) is 14.5 Å². The number of thioether (sulfide) groups is 1. The SMILES string of the molecule is CN1C(=O)C(=Cc2cccc(Cl)c2)Sc2ccc(C(=O)N3CCN(Cc4ccc5c(c4)OCO5)CC3)cc21. The van der Waals surface area contributed by atoms with E-state index in [0.29, 0.717) is 28.6 Å². The number of carbonyl (C=O) groups is 2. The van der Waals surface area contributed by atoms with Gasteiger partial charge in [0.05, 0.1) is 10.6 Å². The van der Waals surface area contributed by atoms with Crippen molar-refractivity contribution in [2.45, 2.75) is 11.4 Å². The third-order valence-electron chi connectivity index (χ3n) is 6.95. The van der Waals surface area contributed by atoms with Crippen molar-refractivity contribution in [1.82, 2.24) is 9.80 Å². The summed E-state index contributed by atoms with van der Waals surface area (Å²) >= 11 is 7.52. The molecule has 7 nitrogen and oxygen atoms in total. The minimum absolute atomic E-state index is 0.0124. The van der Waals surface area contributed by atoms with Crippen molar-refractivity contribution in [3.63, 3.8) is 0 Å². The highest BCUT2D eigenvalue weighted by molar-refractivity contribution is 8.04. The molecule has 0 spiro atoms. The number of nitrogens with zero attached hydrogens (tertiary/aromatic N) is 3. The molecule has 3 heterocycles. The van der Waals surface area contributed by atoms with Crippen LogP contribution in [-0.4, -0.2) is 61.6 Å². The highest BCUT2D eigenvalue weighted by Crippen LogP contribution is 2.42. The monoisotopic (exact) mass is 547 g/mol. The van der Waals surface area contributed by atoms with Crippen LogP contribution >= 0.6 is 23.4 Å². The van der Waals surface area contributed by atoms with Gasteiger partial charge in [-0.25, -0.2) is 0 Å². The Morgan fingerprint density at radius 3 is 2.63 bits per heavy atom. The number of fused-ring (bicyclic) bond motifs is 2. The van der Waals surface area contributed by atoms with Crippen LogP contribution in [0.3, 0.4) is 0 Å². The van der Waals surface area contributed by atoms with Gasteiger partial charge in [-0.2, -0.15) is 0 Å². The maximum absolute atomic E-state index is 13.3. The summed E-state index contributed by atoms with van der Waals surface area (Å²) in [5.41, 5.74) is 3.37. The number of carbonyl (C=O) groups excluding carboxylic acids is 2. The average Bonchev–Trinajstić information content (AvgIpc) is 3.40. The standard InChI is InChI=1S/C29H26ClN3O4S/c1-31-23-16-21(6-8-26(23)38-27(29(31)35)15-19-3-2-4-22(30)13-19)28(34)33-11-9-32(10-12-33)17-20-5-7-24-25(14-20)37-18-36-24/h2-8,13-16H,9-12,17-18H2,1H3. The van der Waals surface area contributed by atoms with E-state index in [2.05, 4.69) is 11.0 Å². The van der Waals surface area contributed by atoms with Gasteiger partial charge in [-0.1, -0.05) is 41.6 Å². The van der Waals surface area contributed by atoms with Crippen LogP contribution in [0.2, 0.25) is 5.02 Å². The van der Waals surface area contributed by atoms with Crippen molar-refractivity contribution in [3.05, 3.63) is 87.3 Å². The van der Waals surface area contributed by atoms with Crippen LogP contribution in [0, 0.1) is 0 Å². The fourth-order valence-electron chi connectivity index (χ4n) is 4.86. The molecule has 194 valence electrons. The largest absolute Gasteiger partial charge is 0.454 e. The summed E-state index contributed by atoms with van der Waals surface area (Å²) in [6.07, 6.45) is 1.85. The lowest BCUT2D eigenvalue weighted by atomic mass is 10.1. The zero-order valence-corrected chi connectivity index (χ0v) is 22.4. The number of benzene rings is 3. The highest BCUT2D eigenvalue weighted by atomic mass is 35.5. The lowest BCUT2D eigenvalue weighted by Gasteiger charge is -2.35. The Balaban J connectivity index is 1.11. The van der Waals surface area contributed by atoms with Gasteiger partial charge in [0.2, 0.25) is 6.79 Å². The number of rotatable bonds is 4. The van der Waals surface area contributed by atoms with Crippen molar-refractivity contribution < 1.29 is 19.1 Å². The van der Waals surface area contributed by atoms with Crippen LogP contribution in [-0.2, 0) is 11.3 Å². The fraction of sp³-hybridized carbons (Fsp3) is 0.241. The Morgan fingerprint density at radius 2 is 1.82 bits per heavy atom. The molecular formula is C29H26ClN3O4S. The van der Waals surface area contributed by atoms with Gasteiger partial charge in [-0.15, -0.1) is 0 Å². The number of likely N-dealkylation sites (N-methyl/N-ethyl adjacent to an activating group) is 1. The van der Waals surface area contributed by atoms with Gasteiger partial charge in [0.15, 0.2) is 11.5 Å². The molecule has 38 heavy (non-hydrogen) atoms. The lowest BCUT2D eigenvalue weighted by Crippen LogP contribution is -2.48. The number of halogens is 1. The van der Waals surface area contributed by atoms with Crippen LogP contribution in [0.15, 0.2) is 70.5 Å². The van der Waals surface area contributed by atoms with Gasteiger partial charge in [0.1, 0.15) is 0 Å². The summed E-state index contributed by atoms with van der Waals surface area (Å²) in [5.74, 6) is 1.46. The molecule has 0 radical (unpaired) electrons. The van der Waals surface area contributed by atoms with E-state index in [-0.39, 0.29) is 18.6 Å². The Morgan fingerprint density at radius 1 is 1.00 bits per heavy atom. The fourth-order valence-corrected chi connectivity index (χ4v) is 6.16. The topological polar surface area (TPSA) is 62.3 Å². The summed E-state index contributed by atoms with van der Waals surface area (Å²) in [4.78, 5) is 33.8. The molecular weight excluding hydrogens is 522 g/mol. The van der Waals surface area contributed by atoms with E-state index in [1.807, 2.05) is 59.5 Å². The van der Waals surface area contributed by atoms with Crippen molar-refractivity contribution in [1.29, 1.82) is 0 Å². The molecule has 0 saturated carbocycles. The van der Waals surface area contributed by atoms with Gasteiger partial charge in [-0.05, 0) is 59.7 Å². The summed E-state index contributed by atoms with van der Waals surface area (Å²) in [7, 11) is 1.75. The molecule has 0 aromatic heterocycles. The predicted molar refractivity (Wildman–Crippen MR) is 149 cm³/mol. The van der Waals surface area contributed by atoms with Crippen molar-refractivity contribution in [3.8, 4) is 11.5 Å². The van der Waals surface area contributed by atoms with Crippen LogP contribution in [0.25, 0.3) is 6.08 Å². The highest BCUT2D eigenvalue weighted by Gasteiger charge is 2.29. The predicted octanol–water partition coefficient (Wildman–Crippen LogP) is 5.14. The normalized spacial score (nSPS) is 18.2. The summed E-state index contributed by atoms with van der Waals surface area (Å²) in [6, 6.07) is 19.1. The van der Waals surface area contributed by atoms with Crippen molar-refractivity contribution >= 4 is 46.9 Å². The maximum Gasteiger partial charge on any atom is 0.264 e. The molecule has 1 saturated heterocycles. The second kappa shape index (κ2) is 10.4. The first-order valence-corrected chi connectivity index (χ1v) is 13.6. The van der Waals surface area contributed by atoms with E-state index in [1.54, 1.807) is 18.0 Å². The minimum atomic E-state index is -0.107. The number of ether oxygens (including phenoxy) is 2. The first kappa shape index (κ1) is 24.9. The maximum atomic E-state index is 13.3. The molecule has 0 aliphatic carbocycles. The summed E-state index contributed by atoms with van der Waals surface area (Å²) in [6.45, 7) is 3.94. The lowest BCUT2D eigenvalue weighted by molar-refractivity contribution is -0.114. The molecule has 3 aliphatic rings. The number of anilines is 1.